The molecule has 2 aromatic rings. The van der Waals surface area contributed by atoms with E-state index < -0.39 is 0 Å². The van der Waals surface area contributed by atoms with Crippen LogP contribution in [0.25, 0.3) is 0 Å². The molecule has 5 nitrogen and oxygen atoms in total. The lowest BCUT2D eigenvalue weighted by Crippen LogP contribution is -2.01. The number of aromatic nitrogens is 2. The summed E-state index contributed by atoms with van der Waals surface area (Å²) in [4.78, 5) is 0. The molecule has 0 saturated carbocycles. The smallest absolute Gasteiger partial charge is 0.212 e. The molecule has 2 heterocycles. The lowest BCUT2D eigenvalue weighted by atomic mass is 10.2. The zero-order valence-corrected chi connectivity index (χ0v) is 10.4. The van der Waals surface area contributed by atoms with Crippen LogP contribution in [0, 0.1) is 13.8 Å². The Morgan fingerprint density at radius 1 is 1.41 bits per heavy atom. The van der Waals surface area contributed by atoms with Crippen LogP contribution in [0.5, 0.6) is 5.88 Å². The Bertz CT molecular complexity index is 514. The van der Waals surface area contributed by atoms with Crippen molar-refractivity contribution in [2.75, 3.05) is 0 Å². The Morgan fingerprint density at radius 3 is 2.71 bits per heavy atom. The van der Waals surface area contributed by atoms with Crippen molar-refractivity contribution in [2.45, 2.75) is 27.0 Å². The minimum Gasteiger partial charge on any atom is -0.473 e. The second-order valence-electron chi connectivity index (χ2n) is 4.03. The summed E-state index contributed by atoms with van der Waals surface area (Å²) in [6.45, 7) is 4.72. The molecule has 92 valence electrons. The van der Waals surface area contributed by atoms with Gasteiger partial charge in [0.2, 0.25) is 5.88 Å². The summed E-state index contributed by atoms with van der Waals surface area (Å²) in [5.41, 5.74) is 7.47. The Kier molecular flexibility index (Phi) is 3.19. The second kappa shape index (κ2) is 4.63. The van der Waals surface area contributed by atoms with Gasteiger partial charge in [-0.25, -0.2) is 4.68 Å². The van der Waals surface area contributed by atoms with E-state index in [1.165, 1.54) is 0 Å². The van der Waals surface area contributed by atoms with Gasteiger partial charge in [-0.1, -0.05) is 0 Å². The molecule has 0 aliphatic rings. The zero-order chi connectivity index (χ0) is 12.4. The highest BCUT2D eigenvalue weighted by Crippen LogP contribution is 2.18. The molecule has 17 heavy (non-hydrogen) atoms. The van der Waals surface area contributed by atoms with E-state index in [0.29, 0.717) is 13.2 Å². The van der Waals surface area contributed by atoms with E-state index in [-0.39, 0.29) is 0 Å². The molecule has 2 rings (SSSR count). The van der Waals surface area contributed by atoms with Crippen molar-refractivity contribution in [3.8, 4) is 5.88 Å². The first-order valence-corrected chi connectivity index (χ1v) is 5.52. The number of hydrogen-bond acceptors (Lipinski definition) is 4. The highest BCUT2D eigenvalue weighted by Gasteiger charge is 2.09. The number of hydrogen-bond donors (Lipinski definition) is 1. The van der Waals surface area contributed by atoms with Gasteiger partial charge in [0, 0.05) is 18.7 Å². The molecule has 0 aliphatic heterocycles. The summed E-state index contributed by atoms with van der Waals surface area (Å²) >= 11 is 0. The first-order valence-electron chi connectivity index (χ1n) is 5.52. The average Bonchev–Trinajstić information content (AvgIpc) is 2.79. The zero-order valence-electron chi connectivity index (χ0n) is 10.4. The van der Waals surface area contributed by atoms with Crippen LogP contribution in [0.2, 0.25) is 0 Å². The molecular weight excluding hydrogens is 218 g/mol. The molecule has 0 radical (unpaired) electrons. The molecule has 0 amide bonds. The number of nitrogens with zero attached hydrogens (tertiary/aromatic N) is 2. The van der Waals surface area contributed by atoms with E-state index in [2.05, 4.69) is 5.10 Å². The van der Waals surface area contributed by atoms with Gasteiger partial charge in [0.05, 0.1) is 12.2 Å². The van der Waals surface area contributed by atoms with Crippen molar-refractivity contribution in [1.29, 1.82) is 0 Å². The topological polar surface area (TPSA) is 66.2 Å². The minimum absolute atomic E-state index is 0.408. The lowest BCUT2D eigenvalue weighted by molar-refractivity contribution is 0.276. The largest absolute Gasteiger partial charge is 0.473 e. The van der Waals surface area contributed by atoms with E-state index in [9.17, 15) is 0 Å². The van der Waals surface area contributed by atoms with Crippen LogP contribution in [-0.4, -0.2) is 9.78 Å². The van der Waals surface area contributed by atoms with E-state index >= 15 is 0 Å². The Labute approximate surface area is 100 Å². The predicted octanol–water partition coefficient (Wildman–Crippen LogP) is 1.67. The van der Waals surface area contributed by atoms with Crippen molar-refractivity contribution >= 4 is 0 Å². The van der Waals surface area contributed by atoms with Crippen LogP contribution in [0.15, 0.2) is 16.5 Å². The fourth-order valence-electron chi connectivity index (χ4n) is 1.71. The predicted molar refractivity (Wildman–Crippen MR) is 63.6 cm³/mol. The number of ether oxygens (including phenoxy) is 1. The van der Waals surface area contributed by atoms with Gasteiger partial charge in [0.25, 0.3) is 0 Å². The minimum atomic E-state index is 0.408. The molecule has 0 saturated heterocycles. The maximum atomic E-state index is 5.68. The maximum absolute atomic E-state index is 5.68. The highest BCUT2D eigenvalue weighted by atomic mass is 16.5. The summed E-state index contributed by atoms with van der Waals surface area (Å²) in [7, 11) is 1.86. The van der Waals surface area contributed by atoms with Crippen LogP contribution in [0.4, 0.5) is 0 Å². The van der Waals surface area contributed by atoms with Crippen LogP contribution < -0.4 is 10.5 Å². The Morgan fingerprint density at radius 2 is 2.18 bits per heavy atom. The average molecular weight is 235 g/mol. The SMILES string of the molecule is Cc1cc(OCc2cc(CN)oc2C)n(C)n1. The standard InChI is InChI=1S/C12H17N3O2/c1-8-4-12(15(3)14-8)16-7-10-5-11(6-13)17-9(10)2/h4-5H,6-7,13H2,1-3H3. The highest BCUT2D eigenvalue weighted by molar-refractivity contribution is 5.21. The molecule has 0 unspecified atom stereocenters. The normalized spacial score (nSPS) is 10.8. The van der Waals surface area contributed by atoms with Gasteiger partial charge in [-0.3, -0.25) is 0 Å². The summed E-state index contributed by atoms with van der Waals surface area (Å²) in [6.07, 6.45) is 0. The van der Waals surface area contributed by atoms with Crippen molar-refractivity contribution < 1.29 is 9.15 Å². The third kappa shape index (κ3) is 2.50. The summed E-state index contributed by atoms with van der Waals surface area (Å²) < 4.78 is 12.9. The Hall–Kier alpha value is -1.75. The van der Waals surface area contributed by atoms with Crippen LogP contribution in [0.1, 0.15) is 22.8 Å². The van der Waals surface area contributed by atoms with Gasteiger partial charge in [-0.05, 0) is 19.9 Å². The summed E-state index contributed by atoms with van der Waals surface area (Å²) in [5.74, 6) is 2.38. The van der Waals surface area contributed by atoms with Crippen molar-refractivity contribution in [3.63, 3.8) is 0 Å². The Balaban J connectivity index is 2.06. The number of nitrogens with two attached hydrogens (primary N) is 1. The van der Waals surface area contributed by atoms with Crippen LogP contribution in [0.3, 0.4) is 0 Å². The van der Waals surface area contributed by atoms with Gasteiger partial charge < -0.3 is 14.9 Å². The molecule has 0 bridgehead atoms. The van der Waals surface area contributed by atoms with Crippen molar-refractivity contribution in [2.24, 2.45) is 12.8 Å². The monoisotopic (exact) mass is 235 g/mol. The van der Waals surface area contributed by atoms with Crippen molar-refractivity contribution in [3.05, 3.63) is 34.9 Å². The maximum Gasteiger partial charge on any atom is 0.212 e. The fourth-order valence-corrected chi connectivity index (χ4v) is 1.71. The first-order chi connectivity index (χ1) is 8.10. The van der Waals surface area contributed by atoms with E-state index in [4.69, 9.17) is 14.9 Å². The molecule has 0 atom stereocenters. The first kappa shape index (κ1) is 11.7. The summed E-state index contributed by atoms with van der Waals surface area (Å²) in [6, 6.07) is 3.83. The number of aryl methyl sites for hydroxylation is 3. The molecule has 0 spiro atoms. The van der Waals surface area contributed by atoms with E-state index in [1.54, 1.807) is 4.68 Å². The molecule has 5 heteroatoms. The lowest BCUT2D eigenvalue weighted by Gasteiger charge is -2.04. The van der Waals surface area contributed by atoms with E-state index in [0.717, 1.165) is 28.7 Å². The quantitative estimate of drug-likeness (QED) is 0.875. The second-order valence-corrected chi connectivity index (χ2v) is 4.03. The molecule has 0 aromatic carbocycles. The van der Waals surface area contributed by atoms with Gasteiger partial charge in [0.1, 0.15) is 18.1 Å². The van der Waals surface area contributed by atoms with Gasteiger partial charge >= 0.3 is 0 Å². The van der Waals surface area contributed by atoms with Gasteiger partial charge in [0.15, 0.2) is 0 Å². The molecule has 2 N–H and O–H groups in total. The van der Waals surface area contributed by atoms with E-state index in [1.807, 2.05) is 33.0 Å². The molecule has 0 fully saturated rings. The summed E-state index contributed by atoms with van der Waals surface area (Å²) in [5, 5.41) is 4.22. The third-order valence-electron chi connectivity index (χ3n) is 2.61. The molecule has 0 aliphatic carbocycles. The number of rotatable bonds is 4. The molecular formula is C12H17N3O2. The third-order valence-corrected chi connectivity index (χ3v) is 2.61. The van der Waals surface area contributed by atoms with Crippen LogP contribution in [-0.2, 0) is 20.2 Å². The van der Waals surface area contributed by atoms with Gasteiger partial charge in [-0.2, -0.15) is 5.10 Å². The van der Waals surface area contributed by atoms with Crippen LogP contribution >= 0.6 is 0 Å². The van der Waals surface area contributed by atoms with Crippen molar-refractivity contribution in [1.82, 2.24) is 9.78 Å². The fraction of sp³-hybridized carbons (Fsp3) is 0.417. The molecule has 2 aromatic heterocycles. The van der Waals surface area contributed by atoms with Gasteiger partial charge in [-0.15, -0.1) is 0 Å². The number of furan rings is 1.